The zero-order valence-electron chi connectivity index (χ0n) is 9.85. The average molecular weight is 267 g/mol. The number of nitrogens with zero attached hydrogens (tertiary/aromatic N) is 3. The lowest BCUT2D eigenvalue weighted by atomic mass is 10.1. The van der Waals surface area contributed by atoms with E-state index in [-0.39, 0.29) is 5.69 Å². The minimum absolute atomic E-state index is 0.0708. The van der Waals surface area contributed by atoms with Crippen LogP contribution >= 0.6 is 11.6 Å². The van der Waals surface area contributed by atoms with Gasteiger partial charge in [-0.3, -0.25) is 10.1 Å². The number of anilines is 1. The summed E-state index contributed by atoms with van der Waals surface area (Å²) in [5.74, 6) is 0. The second-order valence-electron chi connectivity index (χ2n) is 3.94. The van der Waals surface area contributed by atoms with Gasteiger partial charge in [0.1, 0.15) is 11.9 Å². The maximum Gasteiger partial charge on any atom is 0.312 e. The Morgan fingerprint density at radius 3 is 2.78 bits per heavy atom. The Balaban J connectivity index is 2.72. The minimum Gasteiger partial charge on any atom is -0.313 e. The summed E-state index contributed by atoms with van der Waals surface area (Å²) in [6.07, 6.45) is 1.23. The van der Waals surface area contributed by atoms with Crippen molar-refractivity contribution in [2.45, 2.75) is 0 Å². The third-order valence-corrected chi connectivity index (χ3v) is 2.58. The lowest BCUT2D eigenvalue weighted by molar-refractivity contribution is -0.384. The lowest BCUT2D eigenvalue weighted by Gasteiger charge is -2.15. The zero-order chi connectivity index (χ0) is 13.3. The summed E-state index contributed by atoms with van der Waals surface area (Å²) in [7, 11) is 3.51. The van der Waals surface area contributed by atoms with E-state index < -0.39 is 4.92 Å². The van der Waals surface area contributed by atoms with Crippen LogP contribution in [-0.2, 0) is 0 Å². The summed E-state index contributed by atoms with van der Waals surface area (Å²) >= 11 is 5.87. The molecule has 1 aromatic carbocycles. The van der Waals surface area contributed by atoms with Crippen molar-refractivity contribution < 1.29 is 4.92 Å². The van der Waals surface area contributed by atoms with Crippen LogP contribution in [0.3, 0.4) is 0 Å². The number of aromatic nitrogens is 1. The summed E-state index contributed by atoms with van der Waals surface area (Å²) in [6.45, 7) is 0. The molecule has 0 aliphatic heterocycles. The van der Waals surface area contributed by atoms with E-state index in [1.807, 2.05) is 0 Å². The topological polar surface area (TPSA) is 71.3 Å². The van der Waals surface area contributed by atoms with Gasteiger partial charge in [0.15, 0.2) is 0 Å². The predicted octanol–water partition coefficient (Wildman–Crippen LogP) is 2.68. The summed E-state index contributed by atoms with van der Waals surface area (Å²) in [6, 6.07) is 5.06. The fourth-order valence-electron chi connectivity index (χ4n) is 1.64. The van der Waals surface area contributed by atoms with E-state index in [1.54, 1.807) is 37.3 Å². The smallest absolute Gasteiger partial charge is 0.312 e. The van der Waals surface area contributed by atoms with Gasteiger partial charge in [0.05, 0.1) is 10.4 Å². The Morgan fingerprint density at radius 2 is 2.17 bits per heavy atom. The maximum atomic E-state index is 11.0. The molecular weight excluding hydrogens is 256 g/mol. The molecule has 1 N–H and O–H groups in total. The van der Waals surface area contributed by atoms with E-state index in [1.165, 1.54) is 6.20 Å². The van der Waals surface area contributed by atoms with Crippen LogP contribution in [0.5, 0.6) is 0 Å². The molecular formula is C11H11ClN4O2. The number of benzene rings is 1. The molecule has 0 amide bonds. The van der Waals surface area contributed by atoms with Gasteiger partial charge < -0.3 is 5.43 Å². The van der Waals surface area contributed by atoms with Crippen molar-refractivity contribution in [3.63, 3.8) is 0 Å². The van der Waals surface area contributed by atoms with Crippen LogP contribution in [0.1, 0.15) is 0 Å². The van der Waals surface area contributed by atoms with Gasteiger partial charge in [-0.15, -0.1) is 0 Å². The molecule has 0 bridgehead atoms. The quantitative estimate of drug-likeness (QED) is 0.683. The first-order chi connectivity index (χ1) is 8.49. The van der Waals surface area contributed by atoms with E-state index >= 15 is 0 Å². The summed E-state index contributed by atoms with van der Waals surface area (Å²) in [4.78, 5) is 14.6. The molecule has 94 valence electrons. The molecule has 0 spiro atoms. The standard InChI is InChI=1S/C11H11ClN4O2/c1-15(2)14-11-8-4-3-7(12)5-9(8)13-6-10(11)16(17)18/h3-6H,1-2H3,(H,13,14). The molecule has 2 rings (SSSR count). The van der Waals surface area contributed by atoms with Gasteiger partial charge >= 0.3 is 5.69 Å². The van der Waals surface area contributed by atoms with Gasteiger partial charge in [-0.1, -0.05) is 11.6 Å². The Hall–Kier alpha value is -1.92. The summed E-state index contributed by atoms with van der Waals surface area (Å²) in [5.41, 5.74) is 3.87. The highest BCUT2D eigenvalue weighted by Crippen LogP contribution is 2.32. The van der Waals surface area contributed by atoms with Crippen LogP contribution in [0.4, 0.5) is 11.4 Å². The fraction of sp³-hybridized carbons (Fsp3) is 0.182. The van der Waals surface area contributed by atoms with E-state index in [4.69, 9.17) is 11.6 Å². The van der Waals surface area contributed by atoms with Crippen molar-refractivity contribution in [2.24, 2.45) is 0 Å². The predicted molar refractivity (Wildman–Crippen MR) is 70.7 cm³/mol. The van der Waals surface area contributed by atoms with Gasteiger partial charge in [0, 0.05) is 24.5 Å². The molecule has 6 nitrogen and oxygen atoms in total. The van der Waals surface area contributed by atoms with Crippen molar-refractivity contribution >= 4 is 33.9 Å². The van der Waals surface area contributed by atoms with Crippen LogP contribution in [0.15, 0.2) is 24.4 Å². The molecule has 0 saturated carbocycles. The monoisotopic (exact) mass is 266 g/mol. The second kappa shape index (κ2) is 4.75. The number of hydrogen-bond acceptors (Lipinski definition) is 5. The molecule has 0 aliphatic carbocycles. The third-order valence-electron chi connectivity index (χ3n) is 2.34. The lowest BCUT2D eigenvalue weighted by Crippen LogP contribution is -2.20. The minimum atomic E-state index is -0.465. The molecule has 0 saturated heterocycles. The molecule has 2 aromatic rings. The highest BCUT2D eigenvalue weighted by molar-refractivity contribution is 6.31. The first-order valence-electron chi connectivity index (χ1n) is 5.15. The Kier molecular flexibility index (Phi) is 3.31. The number of nitrogens with one attached hydrogen (secondary N) is 1. The summed E-state index contributed by atoms with van der Waals surface area (Å²) < 4.78 is 0. The van der Waals surface area contributed by atoms with E-state index in [9.17, 15) is 10.1 Å². The number of nitro groups is 1. The number of hydrazine groups is 1. The highest BCUT2D eigenvalue weighted by Gasteiger charge is 2.18. The van der Waals surface area contributed by atoms with E-state index in [0.717, 1.165) is 0 Å². The van der Waals surface area contributed by atoms with Crippen LogP contribution in [0.25, 0.3) is 10.9 Å². The van der Waals surface area contributed by atoms with Gasteiger partial charge in [-0.2, -0.15) is 0 Å². The average Bonchev–Trinajstić information content (AvgIpc) is 2.27. The van der Waals surface area contributed by atoms with Crippen molar-refractivity contribution in [1.82, 2.24) is 9.99 Å². The molecule has 1 heterocycles. The zero-order valence-corrected chi connectivity index (χ0v) is 10.6. The van der Waals surface area contributed by atoms with Crippen molar-refractivity contribution in [3.05, 3.63) is 39.5 Å². The van der Waals surface area contributed by atoms with E-state index in [0.29, 0.717) is 21.6 Å². The van der Waals surface area contributed by atoms with Crippen LogP contribution in [0, 0.1) is 10.1 Å². The largest absolute Gasteiger partial charge is 0.313 e. The Morgan fingerprint density at radius 1 is 1.44 bits per heavy atom. The molecule has 0 aliphatic rings. The molecule has 18 heavy (non-hydrogen) atoms. The fourth-order valence-corrected chi connectivity index (χ4v) is 1.80. The van der Waals surface area contributed by atoms with Gasteiger partial charge in [-0.25, -0.2) is 9.99 Å². The number of halogens is 1. The SMILES string of the molecule is CN(C)Nc1c([N+](=O)[O-])cnc2cc(Cl)ccc12. The van der Waals surface area contributed by atoms with Crippen LogP contribution in [0.2, 0.25) is 5.02 Å². The van der Waals surface area contributed by atoms with Crippen molar-refractivity contribution in [2.75, 3.05) is 19.5 Å². The first kappa shape index (κ1) is 12.5. The van der Waals surface area contributed by atoms with Gasteiger partial charge in [0.25, 0.3) is 0 Å². The number of hydrogen-bond donors (Lipinski definition) is 1. The molecule has 7 heteroatoms. The van der Waals surface area contributed by atoms with Crippen molar-refractivity contribution in [3.8, 4) is 0 Å². The van der Waals surface area contributed by atoms with Gasteiger partial charge in [-0.05, 0) is 18.2 Å². The molecule has 0 atom stereocenters. The third kappa shape index (κ3) is 2.34. The normalized spacial score (nSPS) is 10.9. The number of pyridine rings is 1. The van der Waals surface area contributed by atoms with Crippen molar-refractivity contribution in [1.29, 1.82) is 0 Å². The second-order valence-corrected chi connectivity index (χ2v) is 4.38. The highest BCUT2D eigenvalue weighted by atomic mass is 35.5. The molecule has 0 fully saturated rings. The Bertz CT molecular complexity index is 615. The number of fused-ring (bicyclic) bond motifs is 1. The van der Waals surface area contributed by atoms with Crippen LogP contribution in [-0.4, -0.2) is 29.0 Å². The molecule has 0 unspecified atom stereocenters. The molecule has 1 aromatic heterocycles. The number of rotatable bonds is 3. The first-order valence-corrected chi connectivity index (χ1v) is 5.53. The molecule has 0 radical (unpaired) electrons. The maximum absolute atomic E-state index is 11.0. The Labute approximate surface area is 108 Å². The van der Waals surface area contributed by atoms with Gasteiger partial charge in [0.2, 0.25) is 0 Å². The summed E-state index contributed by atoms with van der Waals surface area (Å²) in [5, 5.41) is 13.8. The van der Waals surface area contributed by atoms with Crippen LogP contribution < -0.4 is 5.43 Å². The van der Waals surface area contributed by atoms with E-state index in [2.05, 4.69) is 10.4 Å².